The Balaban J connectivity index is 1.66. The number of para-hydroxylation sites is 1. The van der Waals surface area contributed by atoms with Crippen LogP contribution < -0.4 is 4.57 Å². The van der Waals surface area contributed by atoms with Gasteiger partial charge in [-0.25, -0.2) is 0 Å². The lowest BCUT2D eigenvalue weighted by Gasteiger charge is -2.38. The van der Waals surface area contributed by atoms with Crippen molar-refractivity contribution >= 4 is 5.57 Å². The molecule has 1 atom stereocenters. The first-order valence-corrected chi connectivity index (χ1v) is 10.4. The number of aromatic nitrogens is 1. The van der Waals surface area contributed by atoms with E-state index in [0.29, 0.717) is 11.5 Å². The SMILES string of the molecule is C=C1C(/C=C/C=C(\C#N)c2cc[n+]3c(c2)C(C)c2ccccc2-3)=C(C)N(C)C(=C)N1C. The molecule has 1 aromatic carbocycles. The van der Waals surface area contributed by atoms with Gasteiger partial charge in [0.25, 0.3) is 0 Å². The summed E-state index contributed by atoms with van der Waals surface area (Å²) in [5, 5.41) is 9.81. The maximum atomic E-state index is 9.81. The number of allylic oxidation sites excluding steroid dienone is 5. The van der Waals surface area contributed by atoms with Crippen molar-refractivity contribution in [1.82, 2.24) is 9.80 Å². The van der Waals surface area contributed by atoms with Gasteiger partial charge >= 0.3 is 0 Å². The molecule has 154 valence electrons. The third-order valence-corrected chi connectivity index (χ3v) is 6.43. The molecule has 2 aliphatic heterocycles. The third-order valence-electron chi connectivity index (χ3n) is 6.43. The van der Waals surface area contributed by atoms with E-state index in [-0.39, 0.29) is 0 Å². The number of rotatable bonds is 3. The van der Waals surface area contributed by atoms with Gasteiger partial charge in [0.1, 0.15) is 5.82 Å². The lowest BCUT2D eigenvalue weighted by atomic mass is 9.98. The smallest absolute Gasteiger partial charge is 0.214 e. The first-order chi connectivity index (χ1) is 14.8. The van der Waals surface area contributed by atoms with Crippen LogP contribution in [0, 0.1) is 11.3 Å². The molecule has 0 saturated heterocycles. The number of fused-ring (bicyclic) bond motifs is 3. The van der Waals surface area contributed by atoms with E-state index in [1.54, 1.807) is 0 Å². The number of hydrogen-bond donors (Lipinski definition) is 0. The average Bonchev–Trinajstić information content (AvgIpc) is 3.08. The summed E-state index contributed by atoms with van der Waals surface area (Å²) in [4.78, 5) is 4.01. The summed E-state index contributed by atoms with van der Waals surface area (Å²) in [5.74, 6) is 1.18. The topological polar surface area (TPSA) is 34.1 Å². The largest absolute Gasteiger partial charge is 0.335 e. The Hall–Kier alpha value is -3.84. The predicted octanol–water partition coefficient (Wildman–Crippen LogP) is 5.03. The van der Waals surface area contributed by atoms with Crippen LogP contribution in [-0.4, -0.2) is 23.9 Å². The van der Waals surface area contributed by atoms with Gasteiger partial charge < -0.3 is 9.80 Å². The van der Waals surface area contributed by atoms with Gasteiger partial charge in [0.2, 0.25) is 5.69 Å². The Morgan fingerprint density at radius 1 is 1.16 bits per heavy atom. The van der Waals surface area contributed by atoms with Gasteiger partial charge in [0.15, 0.2) is 11.9 Å². The normalized spacial score (nSPS) is 18.5. The van der Waals surface area contributed by atoms with Crippen molar-refractivity contribution in [3.63, 3.8) is 0 Å². The molecule has 3 heterocycles. The molecule has 1 unspecified atom stereocenters. The monoisotopic (exact) mass is 407 g/mol. The van der Waals surface area contributed by atoms with Crippen molar-refractivity contribution < 1.29 is 4.57 Å². The highest BCUT2D eigenvalue weighted by Crippen LogP contribution is 2.33. The Morgan fingerprint density at radius 3 is 2.65 bits per heavy atom. The molecule has 0 spiro atoms. The summed E-state index contributed by atoms with van der Waals surface area (Å²) in [7, 11) is 3.95. The number of hydrogen-bond acceptors (Lipinski definition) is 3. The Bertz CT molecular complexity index is 1240. The zero-order valence-electron chi connectivity index (χ0n) is 18.6. The first kappa shape index (κ1) is 20.4. The molecule has 31 heavy (non-hydrogen) atoms. The number of benzene rings is 1. The first-order valence-electron chi connectivity index (χ1n) is 10.4. The molecule has 4 nitrogen and oxygen atoms in total. The zero-order chi connectivity index (χ0) is 22.3. The van der Waals surface area contributed by atoms with Gasteiger partial charge in [0.05, 0.1) is 17.6 Å². The van der Waals surface area contributed by atoms with E-state index in [2.05, 4.69) is 74.2 Å². The lowest BCUT2D eigenvalue weighted by Crippen LogP contribution is -2.34. The van der Waals surface area contributed by atoms with Gasteiger partial charge in [-0.05, 0) is 19.9 Å². The standard InChI is InChI=1S/C27H27N4/c1-18-24-11-7-8-13-26(24)31-15-14-22(16-27(18)31)23(17-28)10-9-12-25-19(2)29(5)21(4)30(6)20(25)3/h7-16,18H,2,4H2,1,3,5-6H3/q+1. The van der Waals surface area contributed by atoms with E-state index in [0.717, 1.165) is 28.4 Å². The van der Waals surface area contributed by atoms with Crippen molar-refractivity contribution in [3.05, 3.63) is 114 Å². The zero-order valence-corrected chi connectivity index (χ0v) is 18.6. The number of likely N-dealkylation sites (N-methyl/N-ethyl adjacent to an activating group) is 1. The van der Waals surface area contributed by atoms with Crippen LogP contribution in [0.2, 0.25) is 0 Å². The molecule has 0 fully saturated rings. The number of nitrogens with zero attached hydrogens (tertiary/aromatic N) is 4. The van der Waals surface area contributed by atoms with E-state index < -0.39 is 0 Å². The molecule has 4 heteroatoms. The fourth-order valence-corrected chi connectivity index (χ4v) is 4.27. The van der Waals surface area contributed by atoms with Crippen molar-refractivity contribution in [2.75, 3.05) is 14.1 Å². The van der Waals surface area contributed by atoms with Gasteiger partial charge in [0, 0.05) is 60.4 Å². The van der Waals surface area contributed by atoms with Gasteiger partial charge in [-0.3, -0.25) is 0 Å². The van der Waals surface area contributed by atoms with Gasteiger partial charge in [-0.2, -0.15) is 9.83 Å². The van der Waals surface area contributed by atoms with Crippen molar-refractivity contribution in [2.24, 2.45) is 0 Å². The van der Waals surface area contributed by atoms with E-state index >= 15 is 0 Å². The van der Waals surface area contributed by atoms with Crippen LogP contribution in [0.4, 0.5) is 0 Å². The molecule has 2 aliphatic rings. The molecule has 0 radical (unpaired) electrons. The Morgan fingerprint density at radius 2 is 1.90 bits per heavy atom. The van der Waals surface area contributed by atoms with Crippen LogP contribution in [-0.2, 0) is 0 Å². The molecule has 0 amide bonds. The van der Waals surface area contributed by atoms with Crippen LogP contribution in [0.3, 0.4) is 0 Å². The fourth-order valence-electron chi connectivity index (χ4n) is 4.27. The minimum atomic E-state index is 0.296. The molecule has 2 aromatic rings. The molecule has 1 aromatic heterocycles. The van der Waals surface area contributed by atoms with Crippen LogP contribution in [0.25, 0.3) is 11.3 Å². The van der Waals surface area contributed by atoms with Crippen molar-refractivity contribution in [1.29, 1.82) is 5.26 Å². The van der Waals surface area contributed by atoms with Crippen LogP contribution in [0.1, 0.15) is 36.6 Å². The maximum Gasteiger partial charge on any atom is 0.214 e. The van der Waals surface area contributed by atoms with Crippen LogP contribution in [0.5, 0.6) is 0 Å². The highest BCUT2D eigenvalue weighted by molar-refractivity contribution is 5.78. The second-order valence-corrected chi connectivity index (χ2v) is 8.02. The summed E-state index contributed by atoms with van der Waals surface area (Å²) < 4.78 is 2.22. The molecule has 4 rings (SSSR count). The van der Waals surface area contributed by atoms with E-state index in [1.165, 1.54) is 16.9 Å². The Kier molecular flexibility index (Phi) is 5.12. The van der Waals surface area contributed by atoms with Gasteiger partial charge in [-0.15, -0.1) is 0 Å². The highest BCUT2D eigenvalue weighted by Gasteiger charge is 2.33. The summed E-state index contributed by atoms with van der Waals surface area (Å²) in [6.07, 6.45) is 7.87. The fraction of sp³-hybridized carbons (Fsp3) is 0.185. The van der Waals surface area contributed by atoms with E-state index in [1.807, 2.05) is 48.2 Å². The van der Waals surface area contributed by atoms with Crippen LogP contribution in [0.15, 0.2) is 96.8 Å². The maximum absolute atomic E-state index is 9.81. The lowest BCUT2D eigenvalue weighted by molar-refractivity contribution is -0.598. The second kappa shape index (κ2) is 7.77. The Labute approximate surface area is 184 Å². The van der Waals surface area contributed by atoms with E-state index in [9.17, 15) is 5.26 Å². The predicted molar refractivity (Wildman–Crippen MR) is 125 cm³/mol. The molecule has 0 aliphatic carbocycles. The summed E-state index contributed by atoms with van der Waals surface area (Å²) in [6.45, 7) is 12.6. The molecular weight excluding hydrogens is 380 g/mol. The number of pyridine rings is 1. The minimum Gasteiger partial charge on any atom is -0.335 e. The van der Waals surface area contributed by atoms with E-state index in [4.69, 9.17) is 0 Å². The molecule has 0 saturated carbocycles. The summed E-state index contributed by atoms with van der Waals surface area (Å²) >= 11 is 0. The molecule has 0 bridgehead atoms. The van der Waals surface area contributed by atoms with Crippen molar-refractivity contribution in [3.8, 4) is 11.8 Å². The van der Waals surface area contributed by atoms with Crippen LogP contribution >= 0.6 is 0 Å². The minimum absolute atomic E-state index is 0.296. The molecule has 0 N–H and O–H groups in total. The number of nitriles is 1. The molecular formula is C27H27N4+. The third kappa shape index (κ3) is 3.29. The second-order valence-electron chi connectivity index (χ2n) is 8.02. The van der Waals surface area contributed by atoms with Crippen molar-refractivity contribution in [2.45, 2.75) is 19.8 Å². The highest BCUT2D eigenvalue weighted by atomic mass is 15.3. The average molecular weight is 408 g/mol. The van der Waals surface area contributed by atoms with Gasteiger partial charge in [-0.1, -0.05) is 43.5 Å². The summed E-state index contributed by atoms with van der Waals surface area (Å²) in [5.41, 5.74) is 8.29. The summed E-state index contributed by atoms with van der Waals surface area (Å²) in [6, 6.07) is 14.9. The quantitative estimate of drug-likeness (QED) is 0.407.